The first-order valence-electron chi connectivity index (χ1n) is 9.09. The maximum absolute atomic E-state index is 12.8. The number of aromatic nitrogens is 1. The van der Waals surface area contributed by atoms with Crippen molar-refractivity contribution in [1.82, 2.24) is 10.3 Å². The lowest BCUT2D eigenvalue weighted by Crippen LogP contribution is -2.25. The minimum absolute atomic E-state index is 0.0615. The van der Waals surface area contributed by atoms with Crippen molar-refractivity contribution in [2.24, 2.45) is 0 Å². The molecule has 0 bridgehead atoms. The Bertz CT molecular complexity index is 820. The zero-order valence-corrected chi connectivity index (χ0v) is 17.0. The Hall–Kier alpha value is -2.42. The molecule has 1 heterocycles. The van der Waals surface area contributed by atoms with Crippen LogP contribution in [0.3, 0.4) is 0 Å². The van der Waals surface area contributed by atoms with Crippen molar-refractivity contribution in [3.63, 3.8) is 0 Å². The molecule has 1 aromatic heterocycles. The molecule has 1 amide bonds. The third-order valence-electron chi connectivity index (χ3n) is 4.60. The summed E-state index contributed by atoms with van der Waals surface area (Å²) in [5.41, 5.74) is 7.06. The highest BCUT2D eigenvalue weighted by molar-refractivity contribution is 6.20. The Labute approximate surface area is 157 Å². The fourth-order valence-electron chi connectivity index (χ4n) is 2.82. The Kier molecular flexibility index (Phi) is 6.01. The Morgan fingerprint density at radius 2 is 1.62 bits per heavy atom. The number of nitrogens with zero attached hydrogens (tertiary/aromatic N) is 1. The average molecular weight is 351 g/mol. The van der Waals surface area contributed by atoms with Crippen LogP contribution >= 0.6 is 0 Å². The van der Waals surface area contributed by atoms with E-state index in [9.17, 15) is 4.79 Å². The molecule has 26 heavy (non-hydrogen) atoms. The van der Waals surface area contributed by atoms with E-state index in [4.69, 9.17) is 0 Å². The second kappa shape index (κ2) is 7.86. The van der Waals surface area contributed by atoms with E-state index in [1.807, 2.05) is 52.0 Å². The molecule has 0 fully saturated rings. The molecule has 138 valence electrons. The minimum atomic E-state index is -0.0615. The van der Waals surface area contributed by atoms with Crippen LogP contribution in [0.1, 0.15) is 62.7 Å². The van der Waals surface area contributed by atoms with Crippen LogP contribution in [0, 0.1) is 13.8 Å². The number of hydrogen-bond donors (Lipinski definition) is 1. The molecule has 0 saturated heterocycles. The van der Waals surface area contributed by atoms with Gasteiger partial charge in [-0.05, 0) is 55.9 Å². The lowest BCUT2D eigenvalue weighted by molar-refractivity contribution is -0.115. The number of allylic oxidation sites excluding steroid dienone is 1. The Balaban J connectivity index is 2.18. The third-order valence-corrected chi connectivity index (χ3v) is 4.60. The topological polar surface area (TPSA) is 42.0 Å². The minimum Gasteiger partial charge on any atom is -0.346 e. The number of pyridine rings is 1. The molecule has 0 radical (unpaired) electrons. The van der Waals surface area contributed by atoms with Gasteiger partial charge < -0.3 is 5.32 Å². The first kappa shape index (κ1) is 19.9. The molecule has 0 aliphatic rings. The van der Waals surface area contributed by atoms with Crippen LogP contribution in [0.25, 0.3) is 5.57 Å². The monoisotopic (exact) mass is 350 g/mol. The summed E-state index contributed by atoms with van der Waals surface area (Å²) in [7, 11) is 0. The van der Waals surface area contributed by atoms with Gasteiger partial charge in [-0.25, -0.2) is 0 Å². The molecule has 0 saturated carbocycles. The summed E-state index contributed by atoms with van der Waals surface area (Å²) in [6.45, 7) is 15.0. The molecule has 2 rings (SSSR count). The van der Waals surface area contributed by atoms with Gasteiger partial charge in [-0.15, -0.1) is 0 Å². The third kappa shape index (κ3) is 4.81. The van der Waals surface area contributed by atoms with E-state index in [0.29, 0.717) is 6.54 Å². The second-order valence-corrected chi connectivity index (χ2v) is 8.09. The molecule has 3 nitrogen and oxygen atoms in total. The van der Waals surface area contributed by atoms with Crippen LogP contribution in [0.5, 0.6) is 0 Å². The molecule has 3 heteroatoms. The SMILES string of the molecule is CC(C)=C(C(=O)NCc1ccc(C)c(C)n1)c1ccc(C(C)(C)C)cc1. The average Bonchev–Trinajstić information content (AvgIpc) is 2.55. The van der Waals surface area contributed by atoms with Gasteiger partial charge in [-0.1, -0.05) is 56.7 Å². The van der Waals surface area contributed by atoms with Gasteiger partial charge in [0.25, 0.3) is 5.91 Å². The zero-order valence-electron chi connectivity index (χ0n) is 17.0. The summed E-state index contributed by atoms with van der Waals surface area (Å²) in [6, 6.07) is 12.3. The first-order valence-corrected chi connectivity index (χ1v) is 9.09. The number of carbonyl (C=O) groups is 1. The van der Waals surface area contributed by atoms with Crippen molar-refractivity contribution in [2.45, 2.75) is 60.4 Å². The summed E-state index contributed by atoms with van der Waals surface area (Å²) in [4.78, 5) is 17.3. The van der Waals surface area contributed by atoms with Crippen LogP contribution in [-0.2, 0) is 16.8 Å². The standard InChI is InChI=1S/C23H30N2O/c1-15(2)21(18-9-11-19(12-10-18)23(5,6)7)22(26)24-14-20-13-8-16(3)17(4)25-20/h8-13H,14H2,1-7H3,(H,24,26). The van der Waals surface area contributed by atoms with Gasteiger partial charge in [0.2, 0.25) is 0 Å². The van der Waals surface area contributed by atoms with E-state index in [1.54, 1.807) is 0 Å². The highest BCUT2D eigenvalue weighted by Gasteiger charge is 2.17. The van der Waals surface area contributed by atoms with Gasteiger partial charge in [0.1, 0.15) is 0 Å². The van der Waals surface area contributed by atoms with Crippen LogP contribution in [0.15, 0.2) is 42.0 Å². The largest absolute Gasteiger partial charge is 0.346 e. The molecule has 0 atom stereocenters. The molecule has 1 N–H and O–H groups in total. The van der Waals surface area contributed by atoms with Crippen molar-refractivity contribution < 1.29 is 4.79 Å². The van der Waals surface area contributed by atoms with Gasteiger partial charge in [-0.2, -0.15) is 0 Å². The van der Waals surface area contributed by atoms with Crippen molar-refractivity contribution in [3.8, 4) is 0 Å². The van der Waals surface area contributed by atoms with Gasteiger partial charge in [-0.3, -0.25) is 9.78 Å². The number of benzene rings is 1. The second-order valence-electron chi connectivity index (χ2n) is 8.09. The highest BCUT2D eigenvalue weighted by Crippen LogP contribution is 2.25. The Morgan fingerprint density at radius 1 is 1.00 bits per heavy atom. The summed E-state index contributed by atoms with van der Waals surface area (Å²) in [6.07, 6.45) is 0. The molecule has 0 spiro atoms. The van der Waals surface area contributed by atoms with E-state index in [0.717, 1.165) is 33.7 Å². The van der Waals surface area contributed by atoms with Gasteiger partial charge >= 0.3 is 0 Å². The van der Waals surface area contributed by atoms with Gasteiger partial charge in [0.05, 0.1) is 12.2 Å². The fraction of sp³-hybridized carbons (Fsp3) is 0.391. The smallest absolute Gasteiger partial charge is 0.252 e. The summed E-state index contributed by atoms with van der Waals surface area (Å²) in [5, 5.41) is 3.01. The molecule has 0 aliphatic heterocycles. The Morgan fingerprint density at radius 3 is 2.12 bits per heavy atom. The summed E-state index contributed by atoms with van der Waals surface area (Å²) < 4.78 is 0. The van der Waals surface area contributed by atoms with E-state index in [2.05, 4.69) is 43.2 Å². The van der Waals surface area contributed by atoms with Crippen LogP contribution in [0.2, 0.25) is 0 Å². The number of carbonyl (C=O) groups excluding carboxylic acids is 1. The van der Waals surface area contributed by atoms with E-state index < -0.39 is 0 Å². The van der Waals surface area contributed by atoms with Crippen molar-refractivity contribution in [3.05, 3.63) is 70.0 Å². The lowest BCUT2D eigenvalue weighted by atomic mass is 9.86. The van der Waals surface area contributed by atoms with Gasteiger partial charge in [0, 0.05) is 11.3 Å². The normalized spacial score (nSPS) is 11.2. The molecule has 0 unspecified atom stereocenters. The van der Waals surface area contributed by atoms with E-state index in [-0.39, 0.29) is 11.3 Å². The predicted molar refractivity (Wildman–Crippen MR) is 109 cm³/mol. The summed E-state index contributed by atoms with van der Waals surface area (Å²) >= 11 is 0. The molecule has 2 aromatic rings. The molecular formula is C23H30N2O. The fourth-order valence-corrected chi connectivity index (χ4v) is 2.82. The van der Waals surface area contributed by atoms with Crippen molar-refractivity contribution in [2.75, 3.05) is 0 Å². The van der Waals surface area contributed by atoms with E-state index >= 15 is 0 Å². The molecule has 0 aliphatic carbocycles. The number of hydrogen-bond acceptors (Lipinski definition) is 2. The van der Waals surface area contributed by atoms with Gasteiger partial charge in [0.15, 0.2) is 0 Å². The van der Waals surface area contributed by atoms with Crippen LogP contribution in [0.4, 0.5) is 0 Å². The predicted octanol–water partition coefficient (Wildman–Crippen LogP) is 5.11. The highest BCUT2D eigenvalue weighted by atomic mass is 16.1. The summed E-state index contributed by atoms with van der Waals surface area (Å²) in [5.74, 6) is -0.0615. The first-order chi connectivity index (χ1) is 12.1. The molecule has 1 aromatic carbocycles. The van der Waals surface area contributed by atoms with E-state index in [1.165, 1.54) is 5.56 Å². The maximum Gasteiger partial charge on any atom is 0.252 e. The zero-order chi connectivity index (χ0) is 19.5. The van der Waals surface area contributed by atoms with Crippen LogP contribution in [-0.4, -0.2) is 10.9 Å². The lowest BCUT2D eigenvalue weighted by Gasteiger charge is -2.19. The number of nitrogens with one attached hydrogen (secondary N) is 1. The number of rotatable bonds is 4. The van der Waals surface area contributed by atoms with Crippen molar-refractivity contribution in [1.29, 1.82) is 0 Å². The number of aryl methyl sites for hydroxylation is 2. The maximum atomic E-state index is 12.8. The number of amides is 1. The molecular weight excluding hydrogens is 320 g/mol. The quantitative estimate of drug-likeness (QED) is 0.779. The van der Waals surface area contributed by atoms with Crippen LogP contribution < -0.4 is 5.32 Å². The van der Waals surface area contributed by atoms with Crippen molar-refractivity contribution >= 4 is 11.5 Å².